The zero-order valence-corrected chi connectivity index (χ0v) is 8.83. The molecule has 0 spiro atoms. The van der Waals surface area contributed by atoms with Gasteiger partial charge in [-0.05, 0) is 32.1 Å². The summed E-state index contributed by atoms with van der Waals surface area (Å²) < 4.78 is 0. The van der Waals surface area contributed by atoms with Crippen LogP contribution in [0.3, 0.4) is 0 Å². The SMILES string of the molecule is CCC(Nc1cc(C)ncn1)C1CC1. The highest BCUT2D eigenvalue weighted by Crippen LogP contribution is 2.35. The quantitative estimate of drug-likeness (QED) is 0.794. The van der Waals surface area contributed by atoms with E-state index < -0.39 is 0 Å². The van der Waals surface area contributed by atoms with Crippen molar-refractivity contribution in [2.24, 2.45) is 5.92 Å². The van der Waals surface area contributed by atoms with E-state index in [9.17, 15) is 0 Å². The highest BCUT2D eigenvalue weighted by molar-refractivity contribution is 5.36. The van der Waals surface area contributed by atoms with Gasteiger partial charge in [0.2, 0.25) is 0 Å². The molecule has 1 N–H and O–H groups in total. The van der Waals surface area contributed by atoms with Gasteiger partial charge in [-0.1, -0.05) is 6.92 Å². The summed E-state index contributed by atoms with van der Waals surface area (Å²) in [6.45, 7) is 4.22. The number of hydrogen-bond donors (Lipinski definition) is 1. The second-order valence-corrected chi connectivity index (χ2v) is 4.04. The van der Waals surface area contributed by atoms with Gasteiger partial charge < -0.3 is 5.32 Å². The molecule has 1 aromatic heterocycles. The predicted molar refractivity (Wildman–Crippen MR) is 57.2 cm³/mol. The second kappa shape index (κ2) is 3.95. The molecule has 1 aliphatic rings. The molecule has 1 heterocycles. The molecule has 0 bridgehead atoms. The zero-order chi connectivity index (χ0) is 9.97. The Morgan fingerprint density at radius 2 is 2.29 bits per heavy atom. The Balaban J connectivity index is 2.01. The van der Waals surface area contributed by atoms with Crippen molar-refractivity contribution >= 4 is 5.82 Å². The normalized spacial score (nSPS) is 17.9. The average Bonchev–Trinajstić information content (AvgIpc) is 2.97. The second-order valence-electron chi connectivity index (χ2n) is 4.04. The summed E-state index contributed by atoms with van der Waals surface area (Å²) in [7, 11) is 0. The zero-order valence-electron chi connectivity index (χ0n) is 8.83. The van der Waals surface area contributed by atoms with Crippen LogP contribution >= 0.6 is 0 Å². The molecule has 1 atom stereocenters. The van der Waals surface area contributed by atoms with E-state index >= 15 is 0 Å². The van der Waals surface area contributed by atoms with E-state index in [-0.39, 0.29) is 0 Å². The lowest BCUT2D eigenvalue weighted by atomic mass is 10.1. The van der Waals surface area contributed by atoms with E-state index in [1.165, 1.54) is 19.3 Å². The van der Waals surface area contributed by atoms with Crippen LogP contribution < -0.4 is 5.32 Å². The summed E-state index contributed by atoms with van der Waals surface area (Å²) in [5.41, 5.74) is 1.02. The molecule has 0 aliphatic heterocycles. The smallest absolute Gasteiger partial charge is 0.129 e. The Morgan fingerprint density at radius 1 is 1.50 bits per heavy atom. The molecule has 0 radical (unpaired) electrons. The van der Waals surface area contributed by atoms with Crippen LogP contribution in [0.25, 0.3) is 0 Å². The van der Waals surface area contributed by atoms with Gasteiger partial charge >= 0.3 is 0 Å². The largest absolute Gasteiger partial charge is 0.367 e. The van der Waals surface area contributed by atoms with Crippen molar-refractivity contribution in [2.45, 2.75) is 39.2 Å². The minimum Gasteiger partial charge on any atom is -0.367 e. The first-order valence-electron chi connectivity index (χ1n) is 5.34. The standard InChI is InChI=1S/C11H17N3/c1-3-10(9-4-5-9)14-11-6-8(2)12-7-13-11/h6-7,9-10H,3-5H2,1-2H3,(H,12,13,14). The van der Waals surface area contributed by atoms with E-state index in [0.29, 0.717) is 6.04 Å². The average molecular weight is 191 g/mol. The first-order valence-corrected chi connectivity index (χ1v) is 5.34. The molecular formula is C11H17N3. The number of nitrogens with one attached hydrogen (secondary N) is 1. The van der Waals surface area contributed by atoms with Gasteiger partial charge in [-0.2, -0.15) is 0 Å². The molecule has 0 saturated heterocycles. The first-order chi connectivity index (χ1) is 6.79. The number of anilines is 1. The maximum absolute atomic E-state index is 4.22. The van der Waals surface area contributed by atoms with Crippen molar-refractivity contribution in [3.8, 4) is 0 Å². The molecule has 0 amide bonds. The topological polar surface area (TPSA) is 37.8 Å². The van der Waals surface area contributed by atoms with Crippen LogP contribution in [0.1, 0.15) is 31.9 Å². The summed E-state index contributed by atoms with van der Waals surface area (Å²) in [6, 6.07) is 2.61. The van der Waals surface area contributed by atoms with Gasteiger partial charge in [-0.25, -0.2) is 9.97 Å². The van der Waals surface area contributed by atoms with Gasteiger partial charge in [0.1, 0.15) is 12.1 Å². The van der Waals surface area contributed by atoms with Gasteiger partial charge in [0.25, 0.3) is 0 Å². The summed E-state index contributed by atoms with van der Waals surface area (Å²) in [4.78, 5) is 8.30. The molecule has 3 nitrogen and oxygen atoms in total. The van der Waals surface area contributed by atoms with Crippen LogP contribution in [0.4, 0.5) is 5.82 Å². The maximum Gasteiger partial charge on any atom is 0.129 e. The van der Waals surface area contributed by atoms with Crippen molar-refractivity contribution in [1.82, 2.24) is 9.97 Å². The van der Waals surface area contributed by atoms with Gasteiger partial charge in [0.05, 0.1) is 0 Å². The Morgan fingerprint density at radius 3 is 2.86 bits per heavy atom. The highest BCUT2D eigenvalue weighted by Gasteiger charge is 2.29. The first kappa shape index (κ1) is 9.44. The van der Waals surface area contributed by atoms with Gasteiger partial charge in [0.15, 0.2) is 0 Å². The van der Waals surface area contributed by atoms with Crippen LogP contribution in [0.5, 0.6) is 0 Å². The number of rotatable bonds is 4. The Hall–Kier alpha value is -1.12. The fraction of sp³-hybridized carbons (Fsp3) is 0.636. The van der Waals surface area contributed by atoms with Gasteiger partial charge in [-0.3, -0.25) is 0 Å². The minimum absolute atomic E-state index is 0.601. The van der Waals surface area contributed by atoms with Crippen LogP contribution in [0.2, 0.25) is 0 Å². The number of aromatic nitrogens is 2. The summed E-state index contributed by atoms with van der Waals surface area (Å²) in [5, 5.41) is 3.48. The molecule has 1 fully saturated rings. The van der Waals surface area contributed by atoms with Crippen LogP contribution in [0.15, 0.2) is 12.4 Å². The van der Waals surface area contributed by atoms with Crippen molar-refractivity contribution in [3.63, 3.8) is 0 Å². The van der Waals surface area contributed by atoms with Crippen molar-refractivity contribution < 1.29 is 0 Å². The third kappa shape index (κ3) is 2.22. The molecule has 1 unspecified atom stereocenters. The van der Waals surface area contributed by atoms with E-state index in [4.69, 9.17) is 0 Å². The van der Waals surface area contributed by atoms with Crippen molar-refractivity contribution in [1.29, 1.82) is 0 Å². The molecular weight excluding hydrogens is 174 g/mol. The van der Waals surface area contributed by atoms with Crippen molar-refractivity contribution in [3.05, 3.63) is 18.1 Å². The summed E-state index contributed by atoms with van der Waals surface area (Å²) in [6.07, 6.45) is 5.54. The number of nitrogens with zero attached hydrogens (tertiary/aromatic N) is 2. The Bertz CT molecular complexity index is 307. The molecule has 2 rings (SSSR count). The summed E-state index contributed by atoms with van der Waals surface area (Å²) in [5.74, 6) is 1.84. The highest BCUT2D eigenvalue weighted by atomic mass is 15.0. The lowest BCUT2D eigenvalue weighted by Gasteiger charge is -2.16. The molecule has 76 valence electrons. The van der Waals surface area contributed by atoms with E-state index in [1.807, 2.05) is 13.0 Å². The third-order valence-electron chi connectivity index (χ3n) is 2.77. The van der Waals surface area contributed by atoms with E-state index in [1.54, 1.807) is 6.33 Å². The fourth-order valence-electron chi connectivity index (χ4n) is 1.78. The minimum atomic E-state index is 0.601. The lowest BCUT2D eigenvalue weighted by molar-refractivity contribution is 0.613. The molecule has 14 heavy (non-hydrogen) atoms. The Kier molecular flexibility index (Phi) is 2.66. The maximum atomic E-state index is 4.22. The van der Waals surface area contributed by atoms with E-state index in [2.05, 4.69) is 22.2 Å². The number of aryl methyl sites for hydroxylation is 1. The fourth-order valence-corrected chi connectivity index (χ4v) is 1.78. The molecule has 1 aromatic rings. The molecule has 0 aromatic carbocycles. The molecule has 1 saturated carbocycles. The predicted octanol–water partition coefficient (Wildman–Crippen LogP) is 2.39. The van der Waals surface area contributed by atoms with Crippen LogP contribution in [-0.4, -0.2) is 16.0 Å². The van der Waals surface area contributed by atoms with Gasteiger partial charge in [0, 0.05) is 17.8 Å². The lowest BCUT2D eigenvalue weighted by Crippen LogP contribution is -2.21. The third-order valence-corrected chi connectivity index (χ3v) is 2.77. The molecule has 3 heteroatoms. The van der Waals surface area contributed by atoms with E-state index in [0.717, 1.165) is 17.4 Å². The monoisotopic (exact) mass is 191 g/mol. The van der Waals surface area contributed by atoms with Crippen LogP contribution in [0, 0.1) is 12.8 Å². The van der Waals surface area contributed by atoms with Crippen molar-refractivity contribution in [2.75, 3.05) is 5.32 Å². The van der Waals surface area contributed by atoms with Gasteiger partial charge in [-0.15, -0.1) is 0 Å². The Labute approximate surface area is 85.0 Å². The molecule has 1 aliphatic carbocycles. The number of hydrogen-bond acceptors (Lipinski definition) is 3. The van der Waals surface area contributed by atoms with Crippen LogP contribution in [-0.2, 0) is 0 Å². The summed E-state index contributed by atoms with van der Waals surface area (Å²) >= 11 is 0.